The molecule has 2 aromatic carbocycles. The summed E-state index contributed by atoms with van der Waals surface area (Å²) >= 11 is 0. The molecule has 0 aliphatic carbocycles. The third-order valence-corrected chi connectivity index (χ3v) is 6.27. The van der Waals surface area contributed by atoms with Gasteiger partial charge in [-0.05, 0) is 49.6 Å². The molecule has 0 radical (unpaired) electrons. The van der Waals surface area contributed by atoms with Crippen LogP contribution in [0.15, 0.2) is 54.6 Å². The predicted molar refractivity (Wildman–Crippen MR) is 104 cm³/mol. The number of hydrogen-bond donors (Lipinski definition) is 0. The van der Waals surface area contributed by atoms with Gasteiger partial charge in [0, 0.05) is 12.1 Å². The second-order valence-corrected chi connectivity index (χ2v) is 7.77. The lowest BCUT2D eigenvalue weighted by Gasteiger charge is -2.42. The van der Waals surface area contributed by atoms with E-state index in [1.54, 1.807) is 12.1 Å². The molecule has 0 N–H and O–H groups in total. The highest BCUT2D eigenvalue weighted by molar-refractivity contribution is 5.74. The van der Waals surface area contributed by atoms with Crippen molar-refractivity contribution in [2.75, 3.05) is 14.2 Å². The maximum atomic E-state index is 13.5. The lowest BCUT2D eigenvalue weighted by molar-refractivity contribution is -0.162. The lowest BCUT2D eigenvalue weighted by Crippen LogP contribution is -2.53. The average molecular weight is 383 g/mol. The number of esters is 1. The van der Waals surface area contributed by atoms with E-state index < -0.39 is 0 Å². The highest BCUT2D eigenvalue weighted by atomic mass is 19.1. The van der Waals surface area contributed by atoms with Crippen LogP contribution in [-0.2, 0) is 14.3 Å². The number of methoxy groups -OCH3 is 1. The quantitative estimate of drug-likeness (QED) is 0.733. The van der Waals surface area contributed by atoms with E-state index in [0.717, 1.165) is 30.4 Å². The van der Waals surface area contributed by atoms with Crippen molar-refractivity contribution < 1.29 is 18.7 Å². The van der Waals surface area contributed by atoms with E-state index in [9.17, 15) is 9.18 Å². The fourth-order valence-electron chi connectivity index (χ4n) is 4.80. The van der Waals surface area contributed by atoms with Crippen LogP contribution >= 0.6 is 0 Å². The molecule has 148 valence electrons. The summed E-state index contributed by atoms with van der Waals surface area (Å²) in [4.78, 5) is 14.9. The molecule has 4 nitrogen and oxygen atoms in total. The summed E-state index contributed by atoms with van der Waals surface area (Å²) in [7, 11) is 3.53. The first-order valence-electron chi connectivity index (χ1n) is 9.84. The highest BCUT2D eigenvalue weighted by Gasteiger charge is 2.50. The molecule has 1 unspecified atom stereocenters. The Hall–Kier alpha value is -2.24. The Bertz CT molecular complexity index is 810. The van der Waals surface area contributed by atoms with Gasteiger partial charge in [-0.15, -0.1) is 0 Å². The van der Waals surface area contributed by atoms with Gasteiger partial charge in [0.05, 0.1) is 19.1 Å². The number of halogens is 1. The molecule has 0 spiro atoms. The van der Waals surface area contributed by atoms with Gasteiger partial charge in [-0.2, -0.15) is 0 Å². The molecule has 5 heteroatoms. The number of carbonyl (C=O) groups is 1. The van der Waals surface area contributed by atoms with E-state index >= 15 is 0 Å². The van der Waals surface area contributed by atoms with E-state index in [4.69, 9.17) is 9.47 Å². The molecule has 0 saturated carbocycles. The van der Waals surface area contributed by atoms with Gasteiger partial charge in [0.2, 0.25) is 0 Å². The SMILES string of the molecule is COC(=O)[C@H]1[C@@H](OC(c2ccccc2)c2ccc(F)cc2)C[C@H]2CC[C@@H]1N2C. The molecule has 4 rings (SSSR count). The van der Waals surface area contributed by atoms with Gasteiger partial charge in [-0.3, -0.25) is 9.69 Å². The van der Waals surface area contributed by atoms with Crippen LogP contribution in [0.5, 0.6) is 0 Å². The number of ether oxygens (including phenoxy) is 2. The van der Waals surface area contributed by atoms with Crippen molar-refractivity contribution in [1.29, 1.82) is 0 Å². The van der Waals surface area contributed by atoms with Crippen LogP contribution in [0, 0.1) is 11.7 Å². The molecule has 2 aliphatic rings. The fourth-order valence-corrected chi connectivity index (χ4v) is 4.80. The molecule has 2 aromatic rings. The monoisotopic (exact) mass is 383 g/mol. The first kappa shape index (κ1) is 19.1. The maximum Gasteiger partial charge on any atom is 0.312 e. The topological polar surface area (TPSA) is 38.8 Å². The number of piperidine rings is 1. The Labute approximate surface area is 165 Å². The minimum atomic E-state index is -0.359. The minimum Gasteiger partial charge on any atom is -0.469 e. The van der Waals surface area contributed by atoms with Crippen LogP contribution in [0.1, 0.15) is 36.5 Å². The molecule has 0 amide bonds. The van der Waals surface area contributed by atoms with E-state index in [-0.39, 0.29) is 36.0 Å². The van der Waals surface area contributed by atoms with Crippen molar-refractivity contribution in [2.24, 2.45) is 5.92 Å². The Morgan fingerprint density at radius 3 is 2.43 bits per heavy atom. The molecule has 5 atom stereocenters. The van der Waals surface area contributed by atoms with Crippen LogP contribution in [-0.4, -0.2) is 43.2 Å². The van der Waals surface area contributed by atoms with Gasteiger partial charge >= 0.3 is 5.97 Å². The highest BCUT2D eigenvalue weighted by Crippen LogP contribution is 2.42. The number of fused-ring (bicyclic) bond motifs is 2. The van der Waals surface area contributed by atoms with Crippen molar-refractivity contribution in [3.8, 4) is 0 Å². The Balaban J connectivity index is 1.67. The van der Waals surface area contributed by atoms with Crippen molar-refractivity contribution in [1.82, 2.24) is 4.90 Å². The van der Waals surface area contributed by atoms with Crippen LogP contribution < -0.4 is 0 Å². The molecule has 2 fully saturated rings. The Kier molecular flexibility index (Phi) is 5.47. The van der Waals surface area contributed by atoms with E-state index in [1.807, 2.05) is 30.3 Å². The smallest absolute Gasteiger partial charge is 0.312 e. The second kappa shape index (κ2) is 8.02. The van der Waals surface area contributed by atoms with Crippen molar-refractivity contribution >= 4 is 5.97 Å². The predicted octanol–water partition coefficient (Wildman–Crippen LogP) is 3.96. The Morgan fingerprint density at radius 1 is 1.07 bits per heavy atom. The van der Waals surface area contributed by atoms with Crippen LogP contribution in [0.2, 0.25) is 0 Å². The maximum absolute atomic E-state index is 13.5. The zero-order valence-corrected chi connectivity index (χ0v) is 16.3. The molecular formula is C23H26FNO3. The van der Waals surface area contributed by atoms with Gasteiger partial charge in [-0.1, -0.05) is 42.5 Å². The standard InChI is InChI=1S/C23H26FNO3/c1-25-18-12-13-19(25)21(23(26)27-2)20(14-18)28-22(15-6-4-3-5-7-15)16-8-10-17(24)11-9-16/h3-11,18-22H,12-14H2,1-2H3/t18-,19+,20+,21-,22?/m1/s1. The molecule has 0 aromatic heterocycles. The fraction of sp³-hybridized carbons (Fsp3) is 0.435. The number of benzene rings is 2. The third kappa shape index (κ3) is 3.56. The molecule has 2 saturated heterocycles. The molecule has 2 heterocycles. The van der Waals surface area contributed by atoms with Crippen LogP contribution in [0.3, 0.4) is 0 Å². The zero-order chi connectivity index (χ0) is 19.7. The summed E-state index contributed by atoms with van der Waals surface area (Å²) < 4.78 is 25.2. The van der Waals surface area contributed by atoms with Crippen molar-refractivity contribution in [3.05, 3.63) is 71.5 Å². The van der Waals surface area contributed by atoms with Gasteiger partial charge < -0.3 is 9.47 Å². The van der Waals surface area contributed by atoms with Gasteiger partial charge in [0.25, 0.3) is 0 Å². The Morgan fingerprint density at radius 2 is 1.75 bits per heavy atom. The zero-order valence-electron chi connectivity index (χ0n) is 16.3. The number of nitrogens with zero attached hydrogens (tertiary/aromatic N) is 1. The van der Waals surface area contributed by atoms with Crippen molar-refractivity contribution in [3.63, 3.8) is 0 Å². The molecule has 28 heavy (non-hydrogen) atoms. The summed E-state index contributed by atoms with van der Waals surface area (Å²) in [6, 6.07) is 16.9. The summed E-state index contributed by atoms with van der Waals surface area (Å²) in [5, 5.41) is 0. The van der Waals surface area contributed by atoms with Crippen molar-refractivity contribution in [2.45, 2.75) is 43.6 Å². The van der Waals surface area contributed by atoms with Crippen LogP contribution in [0.25, 0.3) is 0 Å². The summed E-state index contributed by atoms with van der Waals surface area (Å²) in [6.45, 7) is 0. The van der Waals surface area contributed by atoms with Crippen LogP contribution in [0.4, 0.5) is 4.39 Å². The van der Waals surface area contributed by atoms with E-state index in [2.05, 4.69) is 11.9 Å². The molecule has 2 bridgehead atoms. The largest absolute Gasteiger partial charge is 0.469 e. The number of carbonyl (C=O) groups excluding carboxylic acids is 1. The van der Waals surface area contributed by atoms with E-state index in [0.29, 0.717) is 6.04 Å². The first-order valence-corrected chi connectivity index (χ1v) is 9.84. The normalized spacial score (nSPS) is 28.1. The van der Waals surface area contributed by atoms with E-state index in [1.165, 1.54) is 19.2 Å². The average Bonchev–Trinajstić information content (AvgIpc) is 2.96. The first-order chi connectivity index (χ1) is 13.6. The molecular weight excluding hydrogens is 357 g/mol. The third-order valence-electron chi connectivity index (χ3n) is 6.27. The van der Waals surface area contributed by atoms with Gasteiger partial charge in [-0.25, -0.2) is 4.39 Å². The number of hydrogen-bond acceptors (Lipinski definition) is 4. The number of rotatable bonds is 5. The lowest BCUT2D eigenvalue weighted by atomic mass is 9.87. The minimum absolute atomic E-state index is 0.140. The second-order valence-electron chi connectivity index (χ2n) is 7.77. The summed E-state index contributed by atoms with van der Waals surface area (Å²) in [6.07, 6.45) is 2.24. The summed E-state index contributed by atoms with van der Waals surface area (Å²) in [5.41, 5.74) is 1.87. The summed E-state index contributed by atoms with van der Waals surface area (Å²) in [5.74, 6) is -0.811. The molecule has 2 aliphatic heterocycles. The van der Waals surface area contributed by atoms with Gasteiger partial charge in [0.1, 0.15) is 11.9 Å². The van der Waals surface area contributed by atoms with Gasteiger partial charge in [0.15, 0.2) is 0 Å².